The Morgan fingerprint density at radius 2 is 2.12 bits per heavy atom. The van der Waals surface area contributed by atoms with Crippen LogP contribution in [0.25, 0.3) is 0 Å². The van der Waals surface area contributed by atoms with Gasteiger partial charge in [0, 0.05) is 18.8 Å². The summed E-state index contributed by atoms with van der Waals surface area (Å²) in [6.07, 6.45) is 0. The molecule has 1 saturated heterocycles. The van der Waals surface area contributed by atoms with Crippen LogP contribution in [0, 0.1) is 12.8 Å². The maximum Gasteiger partial charge on any atom is 0.230 e. The third-order valence-electron chi connectivity index (χ3n) is 3.34. The van der Waals surface area contributed by atoms with Crippen molar-refractivity contribution in [2.24, 2.45) is 5.92 Å². The van der Waals surface area contributed by atoms with E-state index in [4.69, 9.17) is 0 Å². The molecule has 1 heterocycles. The van der Waals surface area contributed by atoms with Crippen LogP contribution in [0.1, 0.15) is 30.9 Å². The monoisotopic (exact) mass is 232 g/mol. The summed E-state index contributed by atoms with van der Waals surface area (Å²) in [6.45, 7) is 7.94. The van der Waals surface area contributed by atoms with E-state index < -0.39 is 0 Å². The first kappa shape index (κ1) is 12.1. The average molecular weight is 232 g/mol. The number of rotatable bonds is 3. The van der Waals surface area contributed by atoms with Crippen LogP contribution in [0.2, 0.25) is 0 Å². The van der Waals surface area contributed by atoms with Crippen molar-refractivity contribution in [1.82, 2.24) is 5.32 Å². The van der Waals surface area contributed by atoms with E-state index in [1.807, 2.05) is 6.92 Å². The van der Waals surface area contributed by atoms with Crippen molar-refractivity contribution < 1.29 is 4.79 Å². The number of carbonyl (C=O) groups is 1. The minimum atomic E-state index is 0.132. The van der Waals surface area contributed by atoms with Crippen molar-refractivity contribution >= 4 is 11.6 Å². The van der Waals surface area contributed by atoms with Gasteiger partial charge in [-0.15, -0.1) is 0 Å². The molecule has 1 aromatic rings. The van der Waals surface area contributed by atoms with Gasteiger partial charge in [-0.05, 0) is 30.0 Å². The highest BCUT2D eigenvalue weighted by molar-refractivity contribution is 5.94. The van der Waals surface area contributed by atoms with E-state index in [2.05, 4.69) is 42.7 Å². The summed E-state index contributed by atoms with van der Waals surface area (Å²) in [6, 6.07) is 6.29. The lowest BCUT2D eigenvalue weighted by molar-refractivity contribution is -0.121. The Bertz CT molecular complexity index is 422. The van der Waals surface area contributed by atoms with Gasteiger partial charge in [-0.2, -0.15) is 0 Å². The summed E-state index contributed by atoms with van der Waals surface area (Å²) in [5, 5.41) is 6.14. The van der Waals surface area contributed by atoms with Crippen LogP contribution in [0.3, 0.4) is 0 Å². The van der Waals surface area contributed by atoms with Gasteiger partial charge in [-0.1, -0.05) is 26.0 Å². The van der Waals surface area contributed by atoms with Crippen LogP contribution in [0.15, 0.2) is 18.2 Å². The molecule has 0 atom stereocenters. The first-order chi connectivity index (χ1) is 8.08. The fourth-order valence-electron chi connectivity index (χ4n) is 1.84. The van der Waals surface area contributed by atoms with E-state index in [1.54, 1.807) is 0 Å². The van der Waals surface area contributed by atoms with E-state index in [9.17, 15) is 4.79 Å². The van der Waals surface area contributed by atoms with Crippen LogP contribution >= 0.6 is 0 Å². The Morgan fingerprint density at radius 1 is 1.41 bits per heavy atom. The van der Waals surface area contributed by atoms with E-state index in [-0.39, 0.29) is 11.8 Å². The first-order valence-electron chi connectivity index (χ1n) is 6.20. The lowest BCUT2D eigenvalue weighted by atomic mass is 9.99. The third-order valence-corrected chi connectivity index (χ3v) is 3.34. The van der Waals surface area contributed by atoms with Gasteiger partial charge in [0.2, 0.25) is 5.91 Å². The predicted octanol–water partition coefficient (Wildman–Crippen LogP) is 2.28. The van der Waals surface area contributed by atoms with Crippen molar-refractivity contribution in [2.75, 3.05) is 18.4 Å². The smallest absolute Gasteiger partial charge is 0.230 e. The van der Waals surface area contributed by atoms with Crippen LogP contribution in [-0.2, 0) is 4.79 Å². The molecular weight excluding hydrogens is 212 g/mol. The Labute approximate surface area is 103 Å². The third kappa shape index (κ3) is 2.67. The molecule has 0 bridgehead atoms. The van der Waals surface area contributed by atoms with Crippen molar-refractivity contribution in [2.45, 2.75) is 26.7 Å². The van der Waals surface area contributed by atoms with Crippen molar-refractivity contribution in [1.29, 1.82) is 0 Å². The molecule has 1 aliphatic rings. The van der Waals surface area contributed by atoms with Gasteiger partial charge in [0.15, 0.2) is 0 Å². The van der Waals surface area contributed by atoms with Crippen LogP contribution in [0.5, 0.6) is 0 Å². The molecule has 2 N–H and O–H groups in total. The molecule has 1 aliphatic heterocycles. The predicted molar refractivity (Wildman–Crippen MR) is 70.3 cm³/mol. The number of carbonyl (C=O) groups excluding carboxylic acids is 1. The molecule has 17 heavy (non-hydrogen) atoms. The maximum atomic E-state index is 11.9. The molecule has 1 fully saturated rings. The second-order valence-corrected chi connectivity index (χ2v) is 5.07. The van der Waals surface area contributed by atoms with Crippen molar-refractivity contribution in [3.05, 3.63) is 29.3 Å². The average Bonchev–Trinajstić information content (AvgIpc) is 2.18. The van der Waals surface area contributed by atoms with Crippen molar-refractivity contribution in [3.8, 4) is 0 Å². The zero-order valence-electron chi connectivity index (χ0n) is 10.7. The maximum absolute atomic E-state index is 11.9. The van der Waals surface area contributed by atoms with Crippen molar-refractivity contribution in [3.63, 3.8) is 0 Å². The minimum absolute atomic E-state index is 0.132. The molecule has 1 aromatic carbocycles. The minimum Gasteiger partial charge on any atom is -0.326 e. The normalized spacial score (nSPS) is 15.8. The van der Waals surface area contributed by atoms with E-state index in [1.165, 1.54) is 5.56 Å². The van der Waals surface area contributed by atoms with Gasteiger partial charge >= 0.3 is 0 Å². The summed E-state index contributed by atoms with van der Waals surface area (Å²) in [4.78, 5) is 11.9. The number of anilines is 1. The van der Waals surface area contributed by atoms with Gasteiger partial charge in [0.05, 0.1) is 5.92 Å². The fraction of sp³-hybridized carbons (Fsp3) is 0.500. The van der Waals surface area contributed by atoms with E-state index in [0.29, 0.717) is 5.92 Å². The van der Waals surface area contributed by atoms with Gasteiger partial charge in [-0.25, -0.2) is 0 Å². The molecule has 0 spiro atoms. The fourth-order valence-corrected chi connectivity index (χ4v) is 1.84. The molecule has 0 aliphatic carbocycles. The van der Waals surface area contributed by atoms with E-state index in [0.717, 1.165) is 24.3 Å². The van der Waals surface area contributed by atoms with Gasteiger partial charge in [0.25, 0.3) is 0 Å². The van der Waals surface area contributed by atoms with E-state index >= 15 is 0 Å². The molecule has 3 nitrogen and oxygen atoms in total. The number of amides is 1. The lowest BCUT2D eigenvalue weighted by Crippen LogP contribution is -2.48. The highest BCUT2D eigenvalue weighted by Crippen LogP contribution is 2.23. The SMILES string of the molecule is Cc1ccc(C(C)C)cc1NC(=O)C1CNC1. The molecule has 3 heteroatoms. The van der Waals surface area contributed by atoms with Crippen LogP contribution in [0.4, 0.5) is 5.69 Å². The highest BCUT2D eigenvalue weighted by Gasteiger charge is 2.25. The van der Waals surface area contributed by atoms with Gasteiger partial charge in [0.1, 0.15) is 0 Å². The van der Waals surface area contributed by atoms with Crippen LogP contribution in [-0.4, -0.2) is 19.0 Å². The molecule has 2 rings (SSSR count). The number of hydrogen-bond acceptors (Lipinski definition) is 2. The largest absolute Gasteiger partial charge is 0.326 e. The van der Waals surface area contributed by atoms with Crippen LogP contribution < -0.4 is 10.6 Å². The molecule has 1 amide bonds. The number of aryl methyl sites for hydroxylation is 1. The zero-order chi connectivity index (χ0) is 12.4. The molecule has 0 saturated carbocycles. The summed E-state index contributed by atoms with van der Waals surface area (Å²) < 4.78 is 0. The number of benzene rings is 1. The standard InChI is InChI=1S/C14H20N2O/c1-9(2)11-5-4-10(3)13(6-11)16-14(17)12-7-15-8-12/h4-6,9,12,15H,7-8H2,1-3H3,(H,16,17). The highest BCUT2D eigenvalue weighted by atomic mass is 16.2. The Kier molecular flexibility index (Phi) is 3.48. The summed E-state index contributed by atoms with van der Waals surface area (Å²) >= 11 is 0. The molecule has 92 valence electrons. The Morgan fingerprint density at radius 3 is 2.65 bits per heavy atom. The van der Waals surface area contributed by atoms with Gasteiger partial charge < -0.3 is 10.6 Å². The molecule has 0 radical (unpaired) electrons. The first-order valence-corrected chi connectivity index (χ1v) is 6.20. The zero-order valence-corrected chi connectivity index (χ0v) is 10.7. The second kappa shape index (κ2) is 4.88. The summed E-state index contributed by atoms with van der Waals surface area (Å²) in [5.41, 5.74) is 3.33. The number of nitrogens with one attached hydrogen (secondary N) is 2. The molecule has 0 unspecified atom stereocenters. The lowest BCUT2D eigenvalue weighted by Gasteiger charge is -2.26. The topological polar surface area (TPSA) is 41.1 Å². The Balaban J connectivity index is 2.13. The number of hydrogen-bond donors (Lipinski definition) is 2. The molecular formula is C14H20N2O. The summed E-state index contributed by atoms with van der Waals surface area (Å²) in [5.74, 6) is 0.751. The Hall–Kier alpha value is -1.35. The second-order valence-electron chi connectivity index (χ2n) is 5.07. The van der Waals surface area contributed by atoms with Gasteiger partial charge in [-0.3, -0.25) is 4.79 Å². The quantitative estimate of drug-likeness (QED) is 0.839. The summed E-state index contributed by atoms with van der Waals surface area (Å²) in [7, 11) is 0. The molecule has 0 aromatic heterocycles.